The number of aliphatic imine (C=N–C) groups is 2. The van der Waals surface area contributed by atoms with Crippen LogP contribution in [0.1, 0.15) is 18.1 Å². The van der Waals surface area contributed by atoms with Crippen molar-refractivity contribution in [2.75, 3.05) is 26.4 Å². The number of para-hydroxylation sites is 4. The van der Waals surface area contributed by atoms with E-state index in [-0.39, 0.29) is 41.8 Å². The number of fused-ring (bicyclic) bond motifs is 5. The van der Waals surface area contributed by atoms with E-state index in [9.17, 15) is 10.2 Å². The molecule has 4 rings (SSSR count). The average molecular weight is 533 g/mol. The number of phenolic OH excluding ortho intramolecular Hbond substituents is 2. The summed E-state index contributed by atoms with van der Waals surface area (Å²) in [7, 11) is 0. The Balaban J connectivity index is 0.000000850. The molecule has 0 amide bonds. The van der Waals surface area contributed by atoms with Gasteiger partial charge < -0.3 is 29.5 Å². The number of benzene rings is 3. The summed E-state index contributed by atoms with van der Waals surface area (Å²) in [6.07, 6.45) is 3.13. The van der Waals surface area contributed by atoms with Crippen molar-refractivity contribution < 1.29 is 51.4 Å². The van der Waals surface area contributed by atoms with Crippen molar-refractivity contribution in [2.45, 2.75) is 6.92 Å². The van der Waals surface area contributed by atoms with Gasteiger partial charge in [-0.25, -0.2) is 0 Å². The summed E-state index contributed by atoms with van der Waals surface area (Å²) in [5, 5.41) is 28.4. The molecule has 0 aromatic heterocycles. The number of rotatable bonds is 0. The fraction of sp³-hybridized carbons (Fsp3) is 0.192. The van der Waals surface area contributed by atoms with E-state index in [0.29, 0.717) is 47.2 Å². The predicted octanol–water partition coefficient (Wildman–Crippen LogP) is 4.48. The number of phenols is 2. The third-order valence-electron chi connectivity index (χ3n) is 4.60. The largest absolute Gasteiger partial charge is 0.504 e. The summed E-state index contributed by atoms with van der Waals surface area (Å²) in [5.74, 6) is -0.105. The van der Waals surface area contributed by atoms with Crippen LogP contribution in [0.15, 0.2) is 70.6 Å². The van der Waals surface area contributed by atoms with Gasteiger partial charge in [0.25, 0.3) is 5.97 Å². The number of carboxylic acid groups (broad SMARTS) is 1. The number of ether oxygens (including phenoxy) is 3. The van der Waals surface area contributed by atoms with E-state index in [0.717, 1.165) is 6.92 Å². The second-order valence-electron chi connectivity index (χ2n) is 7.22. The second kappa shape index (κ2) is 14.5. The summed E-state index contributed by atoms with van der Waals surface area (Å²) in [6, 6.07) is 17.8. The van der Waals surface area contributed by atoms with Crippen LogP contribution in [0, 0.1) is 0 Å². The van der Waals surface area contributed by atoms with Crippen LogP contribution in [0.25, 0.3) is 0 Å². The molecule has 1 aliphatic rings. The maximum atomic E-state index is 10.5. The van der Waals surface area contributed by atoms with Gasteiger partial charge in [-0.3, -0.25) is 14.8 Å². The molecule has 189 valence electrons. The van der Waals surface area contributed by atoms with Crippen LogP contribution >= 0.6 is 0 Å². The number of hydrogen-bond acceptors (Lipinski definition) is 8. The molecule has 1 aliphatic heterocycles. The molecule has 0 atom stereocenters. The standard InChI is InChI=1S/C24H22N2O5.C2H4O2.Mn/c27-23-17-5-3-9-21(23)30-13-11-29-12-14-31-22-10-4-6-18(24(22)28)16-26-20-8-2-1-7-19(20)25-15-17;1-2(3)4;/h1-10,15-16,27-28H,11-14H2;1H3,(H,3,4);. The molecule has 3 N–H and O–H groups in total. The van der Waals surface area contributed by atoms with Crippen molar-refractivity contribution in [3.05, 3.63) is 71.8 Å². The van der Waals surface area contributed by atoms with Gasteiger partial charge in [0.1, 0.15) is 13.2 Å². The molecule has 0 saturated heterocycles. The average Bonchev–Trinajstić information content (AvgIpc) is 2.83. The monoisotopic (exact) mass is 533 g/mol. The van der Waals surface area contributed by atoms with Gasteiger partial charge in [-0.15, -0.1) is 0 Å². The van der Waals surface area contributed by atoms with Gasteiger partial charge in [-0.05, 0) is 36.4 Å². The number of hydrogen-bond donors (Lipinski definition) is 3. The van der Waals surface area contributed by atoms with E-state index >= 15 is 0 Å². The first-order valence-electron chi connectivity index (χ1n) is 10.8. The Kier molecular flexibility index (Phi) is 11.5. The second-order valence-corrected chi connectivity index (χ2v) is 7.22. The van der Waals surface area contributed by atoms with Crippen LogP contribution in [-0.2, 0) is 26.6 Å². The first-order chi connectivity index (χ1) is 17.0. The van der Waals surface area contributed by atoms with Crippen molar-refractivity contribution in [2.24, 2.45) is 9.98 Å². The maximum absolute atomic E-state index is 10.5. The Labute approximate surface area is 219 Å². The fourth-order valence-corrected chi connectivity index (χ4v) is 3.00. The smallest absolute Gasteiger partial charge is 0.300 e. The molecule has 0 fully saturated rings. The molecule has 10 heteroatoms. The topological polar surface area (TPSA) is 130 Å². The van der Waals surface area contributed by atoms with Gasteiger partial charge in [0.05, 0.1) is 24.6 Å². The van der Waals surface area contributed by atoms with E-state index in [4.69, 9.17) is 24.1 Å². The minimum Gasteiger partial charge on any atom is -0.504 e. The van der Waals surface area contributed by atoms with Gasteiger partial charge >= 0.3 is 0 Å². The quantitative estimate of drug-likeness (QED) is 0.364. The SMILES string of the molecule is CC(=O)O.Oc1c2cccc1OCCOCCOc1cccc(c1O)C=Nc1ccccc1N=C2.[Mn]. The molecule has 36 heavy (non-hydrogen) atoms. The zero-order chi connectivity index (χ0) is 25.0. The van der Waals surface area contributed by atoms with Crippen molar-refractivity contribution in [1.29, 1.82) is 0 Å². The number of aromatic hydroxyl groups is 2. The fourth-order valence-electron chi connectivity index (χ4n) is 3.00. The van der Waals surface area contributed by atoms with Crippen LogP contribution in [0.5, 0.6) is 23.0 Å². The third-order valence-corrected chi connectivity index (χ3v) is 4.60. The Hall–Kier alpha value is -3.85. The van der Waals surface area contributed by atoms with Crippen LogP contribution in [-0.4, -0.2) is 60.1 Å². The van der Waals surface area contributed by atoms with E-state index in [1.165, 1.54) is 0 Å². The van der Waals surface area contributed by atoms with E-state index in [2.05, 4.69) is 9.98 Å². The Morgan fingerprint density at radius 2 is 1.14 bits per heavy atom. The Bertz CT molecular complexity index is 1120. The van der Waals surface area contributed by atoms with E-state index in [1.54, 1.807) is 48.8 Å². The number of aliphatic carboxylic acids is 1. The van der Waals surface area contributed by atoms with Gasteiger partial charge in [0.15, 0.2) is 23.0 Å². The summed E-state index contributed by atoms with van der Waals surface area (Å²) in [4.78, 5) is 18.0. The van der Waals surface area contributed by atoms with Crippen LogP contribution in [0.4, 0.5) is 11.4 Å². The van der Waals surface area contributed by atoms with Crippen molar-refractivity contribution in [1.82, 2.24) is 0 Å². The first-order valence-corrected chi connectivity index (χ1v) is 10.8. The van der Waals surface area contributed by atoms with Crippen LogP contribution in [0.2, 0.25) is 0 Å². The van der Waals surface area contributed by atoms with Gasteiger partial charge in [-0.2, -0.15) is 0 Å². The molecule has 0 unspecified atom stereocenters. The Morgan fingerprint density at radius 1 is 0.722 bits per heavy atom. The molecule has 3 aromatic carbocycles. The molecular weight excluding hydrogens is 507 g/mol. The van der Waals surface area contributed by atoms with Crippen molar-refractivity contribution in [3.63, 3.8) is 0 Å². The molecule has 4 bridgehead atoms. The molecule has 0 saturated carbocycles. The summed E-state index contributed by atoms with van der Waals surface area (Å²) in [5.41, 5.74) is 2.27. The normalized spacial score (nSPS) is 13.0. The van der Waals surface area contributed by atoms with Crippen molar-refractivity contribution in [3.8, 4) is 23.0 Å². The molecule has 3 aromatic rings. The van der Waals surface area contributed by atoms with Gasteiger partial charge in [0, 0.05) is 47.5 Å². The first kappa shape index (κ1) is 28.4. The Morgan fingerprint density at radius 3 is 1.56 bits per heavy atom. The molecule has 9 nitrogen and oxygen atoms in total. The molecule has 1 radical (unpaired) electrons. The number of carboxylic acids is 1. The third kappa shape index (κ3) is 8.42. The maximum Gasteiger partial charge on any atom is 0.300 e. The van der Waals surface area contributed by atoms with E-state index < -0.39 is 5.97 Å². The van der Waals surface area contributed by atoms with Crippen LogP contribution < -0.4 is 9.47 Å². The van der Waals surface area contributed by atoms with Gasteiger partial charge in [0.2, 0.25) is 0 Å². The number of carbonyl (C=O) groups is 1. The van der Waals surface area contributed by atoms with E-state index in [1.807, 2.05) is 24.3 Å². The molecular formula is C26H26MnN2O7. The predicted molar refractivity (Wildman–Crippen MR) is 132 cm³/mol. The zero-order valence-electron chi connectivity index (χ0n) is 19.5. The van der Waals surface area contributed by atoms with Crippen LogP contribution in [0.3, 0.4) is 0 Å². The molecule has 0 aliphatic carbocycles. The van der Waals surface area contributed by atoms with Gasteiger partial charge in [-0.1, -0.05) is 24.3 Å². The summed E-state index contributed by atoms with van der Waals surface area (Å²) >= 11 is 0. The summed E-state index contributed by atoms with van der Waals surface area (Å²) in [6.45, 7) is 2.28. The molecule has 1 heterocycles. The minimum atomic E-state index is -0.833. The zero-order valence-corrected chi connectivity index (χ0v) is 20.7. The number of nitrogens with zero attached hydrogens (tertiary/aromatic N) is 2. The summed E-state index contributed by atoms with van der Waals surface area (Å²) < 4.78 is 16.8. The van der Waals surface area contributed by atoms with Crippen molar-refractivity contribution >= 4 is 29.8 Å². The molecule has 0 spiro atoms. The minimum absolute atomic E-state index is 0.